The Balaban J connectivity index is 1.74. The lowest BCUT2D eigenvalue weighted by Gasteiger charge is -2.13. The largest absolute Gasteiger partial charge is 0.435 e. The van der Waals surface area contributed by atoms with Crippen molar-refractivity contribution >= 4 is 17.5 Å². The lowest BCUT2D eigenvalue weighted by Crippen LogP contribution is -2.27. The summed E-state index contributed by atoms with van der Waals surface area (Å²) in [5.74, 6) is -0.338. The molecule has 146 valence electrons. The Kier molecular flexibility index (Phi) is 5.89. The standard InChI is InChI=1S/C19H17ClF2N4O2/c1-11(13-3-5-14(20)6-4-13)23-18(27)17-12(2)26(25-24-17)15-7-9-16(10-8-15)28-19(21)22/h3-11,19H,1-2H3,(H,23,27)/t11-/m0/s1. The molecule has 0 spiro atoms. The van der Waals surface area contributed by atoms with E-state index in [0.29, 0.717) is 16.4 Å². The Morgan fingerprint density at radius 1 is 1.14 bits per heavy atom. The first kappa shape index (κ1) is 19.8. The highest BCUT2D eigenvalue weighted by Crippen LogP contribution is 2.20. The van der Waals surface area contributed by atoms with Gasteiger partial charge in [0.1, 0.15) is 5.75 Å². The number of aromatic nitrogens is 3. The van der Waals surface area contributed by atoms with Crippen molar-refractivity contribution in [2.45, 2.75) is 26.5 Å². The number of alkyl halides is 2. The predicted molar refractivity (Wildman–Crippen MR) is 100 cm³/mol. The van der Waals surface area contributed by atoms with Gasteiger partial charge in [-0.15, -0.1) is 5.10 Å². The van der Waals surface area contributed by atoms with Crippen LogP contribution in [-0.2, 0) is 0 Å². The van der Waals surface area contributed by atoms with Crippen molar-refractivity contribution in [3.63, 3.8) is 0 Å². The zero-order valence-electron chi connectivity index (χ0n) is 15.1. The summed E-state index contributed by atoms with van der Waals surface area (Å²) < 4.78 is 30.3. The van der Waals surface area contributed by atoms with Crippen molar-refractivity contribution < 1.29 is 18.3 Å². The maximum atomic E-state index is 12.6. The van der Waals surface area contributed by atoms with E-state index >= 15 is 0 Å². The Bertz CT molecular complexity index is 959. The average molecular weight is 407 g/mol. The number of halogens is 3. The van der Waals surface area contributed by atoms with Crippen molar-refractivity contribution in [2.75, 3.05) is 0 Å². The molecule has 0 unspecified atom stereocenters. The quantitative estimate of drug-likeness (QED) is 0.661. The maximum Gasteiger partial charge on any atom is 0.387 e. The van der Waals surface area contributed by atoms with Crippen LogP contribution in [0.4, 0.5) is 8.78 Å². The minimum Gasteiger partial charge on any atom is -0.435 e. The van der Waals surface area contributed by atoms with Crippen LogP contribution in [0.3, 0.4) is 0 Å². The molecule has 3 rings (SSSR count). The van der Waals surface area contributed by atoms with Crippen LogP contribution in [0, 0.1) is 6.92 Å². The van der Waals surface area contributed by atoms with E-state index in [-0.39, 0.29) is 23.4 Å². The van der Waals surface area contributed by atoms with Crippen LogP contribution >= 0.6 is 11.6 Å². The van der Waals surface area contributed by atoms with Crippen LogP contribution in [-0.4, -0.2) is 27.5 Å². The molecule has 0 fully saturated rings. The molecule has 6 nitrogen and oxygen atoms in total. The summed E-state index contributed by atoms with van der Waals surface area (Å²) in [5.41, 5.74) is 2.16. The van der Waals surface area contributed by atoms with E-state index < -0.39 is 6.61 Å². The van der Waals surface area contributed by atoms with Gasteiger partial charge in [-0.3, -0.25) is 4.79 Å². The number of nitrogens with zero attached hydrogens (tertiary/aromatic N) is 3. The van der Waals surface area contributed by atoms with Crippen LogP contribution in [0.2, 0.25) is 5.02 Å². The first-order valence-corrected chi connectivity index (χ1v) is 8.77. The number of carbonyl (C=O) groups is 1. The number of hydrogen-bond acceptors (Lipinski definition) is 4. The van der Waals surface area contributed by atoms with E-state index in [4.69, 9.17) is 11.6 Å². The molecule has 3 aromatic rings. The van der Waals surface area contributed by atoms with E-state index in [1.165, 1.54) is 16.8 Å². The second-order valence-electron chi connectivity index (χ2n) is 6.05. The molecule has 0 aliphatic heterocycles. The molecule has 0 saturated carbocycles. The lowest BCUT2D eigenvalue weighted by molar-refractivity contribution is -0.0498. The van der Waals surface area contributed by atoms with Crippen LogP contribution in [0.15, 0.2) is 48.5 Å². The van der Waals surface area contributed by atoms with E-state index in [1.807, 2.05) is 19.1 Å². The highest BCUT2D eigenvalue weighted by Gasteiger charge is 2.19. The first-order valence-electron chi connectivity index (χ1n) is 8.39. The van der Waals surface area contributed by atoms with Crippen molar-refractivity contribution in [1.82, 2.24) is 20.3 Å². The van der Waals surface area contributed by atoms with Gasteiger partial charge in [-0.1, -0.05) is 28.9 Å². The summed E-state index contributed by atoms with van der Waals surface area (Å²) in [5, 5.41) is 11.4. The van der Waals surface area contributed by atoms with Gasteiger partial charge in [0, 0.05) is 5.02 Å². The monoisotopic (exact) mass is 406 g/mol. The third-order valence-electron chi connectivity index (χ3n) is 4.13. The SMILES string of the molecule is Cc1c(C(=O)N[C@@H](C)c2ccc(Cl)cc2)nnn1-c1ccc(OC(F)F)cc1. The molecule has 0 radical (unpaired) electrons. The number of carbonyl (C=O) groups excluding carboxylic acids is 1. The zero-order chi connectivity index (χ0) is 20.3. The maximum absolute atomic E-state index is 12.6. The van der Waals surface area contributed by atoms with Gasteiger partial charge in [0.15, 0.2) is 5.69 Å². The smallest absolute Gasteiger partial charge is 0.387 e. The van der Waals surface area contributed by atoms with E-state index in [1.54, 1.807) is 31.2 Å². The topological polar surface area (TPSA) is 69.0 Å². The summed E-state index contributed by atoms with van der Waals surface area (Å²) in [6.07, 6.45) is 0. The number of rotatable bonds is 6. The van der Waals surface area contributed by atoms with Crippen molar-refractivity contribution in [3.05, 3.63) is 70.5 Å². The van der Waals surface area contributed by atoms with E-state index in [0.717, 1.165) is 5.56 Å². The molecule has 0 saturated heterocycles. The fourth-order valence-corrected chi connectivity index (χ4v) is 2.78. The minimum absolute atomic E-state index is 0.0336. The average Bonchev–Trinajstić information content (AvgIpc) is 3.04. The van der Waals surface area contributed by atoms with Crippen LogP contribution in [0.25, 0.3) is 5.69 Å². The number of hydrogen-bond donors (Lipinski definition) is 1. The summed E-state index contributed by atoms with van der Waals surface area (Å²) >= 11 is 5.88. The molecular weight excluding hydrogens is 390 g/mol. The Morgan fingerprint density at radius 3 is 2.39 bits per heavy atom. The fourth-order valence-electron chi connectivity index (χ4n) is 2.65. The lowest BCUT2D eigenvalue weighted by atomic mass is 10.1. The van der Waals surface area contributed by atoms with Gasteiger partial charge in [0.25, 0.3) is 5.91 Å². The summed E-state index contributed by atoms with van der Waals surface area (Å²) in [7, 11) is 0. The molecular formula is C19H17ClF2N4O2. The number of nitrogens with one attached hydrogen (secondary N) is 1. The normalized spacial score (nSPS) is 12.1. The highest BCUT2D eigenvalue weighted by atomic mass is 35.5. The summed E-state index contributed by atoms with van der Waals surface area (Å²) in [6.45, 7) is 0.658. The molecule has 1 amide bonds. The second kappa shape index (κ2) is 8.35. The highest BCUT2D eigenvalue weighted by molar-refractivity contribution is 6.30. The minimum atomic E-state index is -2.89. The van der Waals surface area contributed by atoms with Gasteiger partial charge < -0.3 is 10.1 Å². The second-order valence-corrected chi connectivity index (χ2v) is 6.49. The molecule has 1 N–H and O–H groups in total. The molecule has 1 atom stereocenters. The molecule has 0 bridgehead atoms. The van der Waals surface area contributed by atoms with Gasteiger partial charge in [-0.05, 0) is 55.8 Å². The predicted octanol–water partition coefficient (Wildman–Crippen LogP) is 4.32. The van der Waals surface area contributed by atoms with Crippen molar-refractivity contribution in [3.8, 4) is 11.4 Å². The number of ether oxygens (including phenoxy) is 1. The number of amides is 1. The molecule has 1 aromatic heterocycles. The van der Waals surface area contributed by atoms with Crippen LogP contribution in [0.5, 0.6) is 5.75 Å². The van der Waals surface area contributed by atoms with Gasteiger partial charge in [0.05, 0.1) is 17.4 Å². The third kappa shape index (κ3) is 4.45. The molecule has 2 aromatic carbocycles. The van der Waals surface area contributed by atoms with Crippen molar-refractivity contribution in [1.29, 1.82) is 0 Å². The third-order valence-corrected chi connectivity index (χ3v) is 4.39. The fraction of sp³-hybridized carbons (Fsp3) is 0.211. The zero-order valence-corrected chi connectivity index (χ0v) is 15.8. The van der Waals surface area contributed by atoms with E-state index in [9.17, 15) is 13.6 Å². The number of benzene rings is 2. The Labute approximate surface area is 165 Å². The molecule has 0 aliphatic rings. The van der Waals surface area contributed by atoms with Gasteiger partial charge in [-0.25, -0.2) is 4.68 Å². The van der Waals surface area contributed by atoms with Crippen LogP contribution < -0.4 is 10.1 Å². The summed E-state index contributed by atoms with van der Waals surface area (Å²) in [4.78, 5) is 12.6. The Hall–Kier alpha value is -3.00. The molecule has 28 heavy (non-hydrogen) atoms. The summed E-state index contributed by atoms with van der Waals surface area (Å²) in [6, 6.07) is 12.8. The van der Waals surface area contributed by atoms with Gasteiger partial charge >= 0.3 is 6.61 Å². The van der Waals surface area contributed by atoms with Gasteiger partial charge in [0.2, 0.25) is 0 Å². The molecule has 0 aliphatic carbocycles. The van der Waals surface area contributed by atoms with Crippen molar-refractivity contribution in [2.24, 2.45) is 0 Å². The van der Waals surface area contributed by atoms with E-state index in [2.05, 4.69) is 20.4 Å². The first-order chi connectivity index (χ1) is 13.3. The Morgan fingerprint density at radius 2 is 1.79 bits per heavy atom. The molecule has 9 heteroatoms. The molecule has 1 heterocycles. The van der Waals surface area contributed by atoms with Crippen LogP contribution in [0.1, 0.15) is 34.7 Å². The van der Waals surface area contributed by atoms with Gasteiger partial charge in [-0.2, -0.15) is 8.78 Å².